The summed E-state index contributed by atoms with van der Waals surface area (Å²) in [5.74, 6) is -2.97. The molecule has 216 valence electrons. The number of nitrogens with zero attached hydrogens (tertiary/aromatic N) is 1. The van der Waals surface area contributed by atoms with Crippen molar-refractivity contribution in [1.29, 1.82) is 0 Å². The molecule has 4 atom stereocenters. The van der Waals surface area contributed by atoms with Gasteiger partial charge in [-0.2, -0.15) is 13.2 Å². The predicted molar refractivity (Wildman–Crippen MR) is 138 cm³/mol. The van der Waals surface area contributed by atoms with E-state index in [2.05, 4.69) is 5.32 Å². The molecule has 4 rings (SSSR count). The van der Waals surface area contributed by atoms with Crippen molar-refractivity contribution >= 4 is 17.7 Å². The minimum absolute atomic E-state index is 0.0433. The molecule has 2 fully saturated rings. The molecule has 2 aliphatic heterocycles. The number of alkyl halides is 3. The van der Waals surface area contributed by atoms with Gasteiger partial charge in [0, 0.05) is 23.1 Å². The first-order chi connectivity index (χ1) is 18.6. The third-order valence-corrected chi connectivity index (χ3v) is 8.27. The average Bonchev–Trinajstić information content (AvgIpc) is 3.15. The van der Waals surface area contributed by atoms with Gasteiger partial charge in [0.25, 0.3) is 5.91 Å². The number of ether oxygens (including phenoxy) is 1. The zero-order valence-corrected chi connectivity index (χ0v) is 22.7. The highest BCUT2D eigenvalue weighted by Gasteiger charge is 2.45. The van der Waals surface area contributed by atoms with Gasteiger partial charge < -0.3 is 20.7 Å². The maximum absolute atomic E-state index is 14.9. The van der Waals surface area contributed by atoms with Crippen LogP contribution < -0.4 is 11.1 Å². The Hall–Kier alpha value is -3.47. The van der Waals surface area contributed by atoms with Gasteiger partial charge in [0.2, 0.25) is 11.8 Å². The second-order valence-electron chi connectivity index (χ2n) is 11.3. The van der Waals surface area contributed by atoms with E-state index in [1.807, 2.05) is 13.8 Å². The van der Waals surface area contributed by atoms with Crippen LogP contribution in [0.15, 0.2) is 42.5 Å². The summed E-state index contributed by atoms with van der Waals surface area (Å²) in [6, 6.07) is 6.62. The molecule has 0 radical (unpaired) electrons. The topological polar surface area (TPSA) is 102 Å². The highest BCUT2D eigenvalue weighted by molar-refractivity contribution is 5.99. The van der Waals surface area contributed by atoms with Gasteiger partial charge in [0.15, 0.2) is 0 Å². The lowest BCUT2D eigenvalue weighted by atomic mass is 9.83. The van der Waals surface area contributed by atoms with Gasteiger partial charge in [0.1, 0.15) is 11.9 Å². The third kappa shape index (κ3) is 5.56. The molecule has 40 heavy (non-hydrogen) atoms. The van der Waals surface area contributed by atoms with Crippen molar-refractivity contribution in [2.45, 2.75) is 63.8 Å². The Morgan fingerprint density at radius 3 is 2.27 bits per heavy atom. The number of nitrogens with two attached hydrogens (primary N) is 1. The SMILES string of the molecule is C[C@@H]1C[C@H](C(=O)NC(c2ccc(C(F)(F)F)cc2F)C2COC2)N(C(=O)c2cccc(C(C)(C)C(N)=O)c2)[C@@H]1C. The Labute approximate surface area is 230 Å². The maximum Gasteiger partial charge on any atom is 0.416 e. The minimum atomic E-state index is -4.71. The molecule has 0 bridgehead atoms. The number of rotatable bonds is 7. The first kappa shape index (κ1) is 29.5. The van der Waals surface area contributed by atoms with E-state index in [0.717, 1.165) is 12.1 Å². The van der Waals surface area contributed by atoms with E-state index in [0.29, 0.717) is 18.1 Å². The Morgan fingerprint density at radius 1 is 1.05 bits per heavy atom. The fourth-order valence-corrected chi connectivity index (χ4v) is 5.21. The molecule has 2 aliphatic rings. The lowest BCUT2D eigenvalue weighted by molar-refractivity contribution is -0.138. The zero-order chi connectivity index (χ0) is 29.6. The minimum Gasteiger partial charge on any atom is -0.381 e. The lowest BCUT2D eigenvalue weighted by Gasteiger charge is -2.36. The summed E-state index contributed by atoms with van der Waals surface area (Å²) in [5, 5.41) is 2.81. The van der Waals surface area contributed by atoms with E-state index in [9.17, 15) is 31.9 Å². The van der Waals surface area contributed by atoms with Gasteiger partial charge in [-0.3, -0.25) is 14.4 Å². The van der Waals surface area contributed by atoms with Crippen molar-refractivity contribution in [2.24, 2.45) is 17.6 Å². The number of hydrogen-bond donors (Lipinski definition) is 2. The van der Waals surface area contributed by atoms with Crippen molar-refractivity contribution in [3.8, 4) is 0 Å². The molecule has 2 saturated heterocycles. The van der Waals surface area contributed by atoms with Gasteiger partial charge >= 0.3 is 6.18 Å². The van der Waals surface area contributed by atoms with E-state index >= 15 is 0 Å². The molecule has 3 amide bonds. The average molecular weight is 564 g/mol. The lowest BCUT2D eigenvalue weighted by Crippen LogP contribution is -2.51. The summed E-state index contributed by atoms with van der Waals surface area (Å²) in [6.45, 7) is 7.46. The van der Waals surface area contributed by atoms with E-state index in [1.165, 1.54) is 4.90 Å². The van der Waals surface area contributed by atoms with Gasteiger partial charge in [0.05, 0.1) is 30.2 Å². The molecule has 0 saturated carbocycles. The fourth-order valence-electron chi connectivity index (χ4n) is 5.21. The van der Waals surface area contributed by atoms with Gasteiger partial charge in [-0.25, -0.2) is 4.39 Å². The summed E-state index contributed by atoms with van der Waals surface area (Å²) < 4.78 is 59.4. The summed E-state index contributed by atoms with van der Waals surface area (Å²) in [5.41, 5.74) is 4.15. The van der Waals surface area contributed by atoms with Crippen molar-refractivity contribution in [3.05, 3.63) is 70.5 Å². The molecular weight excluding hydrogens is 530 g/mol. The normalized spacial score (nSPS) is 22.5. The van der Waals surface area contributed by atoms with Crippen LogP contribution in [-0.4, -0.2) is 47.9 Å². The van der Waals surface area contributed by atoms with Crippen LogP contribution in [0, 0.1) is 17.7 Å². The van der Waals surface area contributed by atoms with E-state index in [-0.39, 0.29) is 42.2 Å². The number of halogens is 4. The third-order valence-electron chi connectivity index (χ3n) is 8.27. The molecule has 2 aromatic rings. The van der Waals surface area contributed by atoms with Crippen LogP contribution in [0.5, 0.6) is 0 Å². The van der Waals surface area contributed by atoms with E-state index < -0.39 is 52.8 Å². The maximum atomic E-state index is 14.9. The Morgan fingerprint density at radius 2 is 1.73 bits per heavy atom. The van der Waals surface area contributed by atoms with Gasteiger partial charge in [-0.1, -0.05) is 25.1 Å². The molecular formula is C29H33F4N3O4. The smallest absolute Gasteiger partial charge is 0.381 e. The van der Waals surface area contributed by atoms with Crippen molar-refractivity contribution < 1.29 is 36.7 Å². The molecule has 0 aliphatic carbocycles. The molecule has 0 aromatic heterocycles. The summed E-state index contributed by atoms with van der Waals surface area (Å²) in [4.78, 5) is 40.9. The summed E-state index contributed by atoms with van der Waals surface area (Å²) in [6.07, 6.45) is -4.37. The number of benzene rings is 2. The van der Waals surface area contributed by atoms with Crippen LogP contribution in [0.1, 0.15) is 67.2 Å². The van der Waals surface area contributed by atoms with E-state index in [4.69, 9.17) is 10.5 Å². The number of amides is 3. The fraction of sp³-hybridized carbons (Fsp3) is 0.483. The van der Waals surface area contributed by atoms with Crippen LogP contribution in [-0.2, 0) is 25.9 Å². The second kappa shape index (κ2) is 10.8. The molecule has 2 aromatic carbocycles. The molecule has 2 heterocycles. The van der Waals surface area contributed by atoms with Crippen LogP contribution in [0.4, 0.5) is 17.6 Å². The number of likely N-dealkylation sites (tertiary alicyclic amines) is 1. The Bertz CT molecular complexity index is 1310. The van der Waals surface area contributed by atoms with Gasteiger partial charge in [-0.05, 0) is 62.9 Å². The first-order valence-corrected chi connectivity index (χ1v) is 13.1. The van der Waals surface area contributed by atoms with Crippen LogP contribution in [0.25, 0.3) is 0 Å². The quantitative estimate of drug-likeness (QED) is 0.489. The van der Waals surface area contributed by atoms with Crippen molar-refractivity contribution in [3.63, 3.8) is 0 Å². The Kier molecular flexibility index (Phi) is 7.99. The monoisotopic (exact) mass is 563 g/mol. The molecule has 7 nitrogen and oxygen atoms in total. The molecule has 0 spiro atoms. The number of hydrogen-bond acceptors (Lipinski definition) is 4. The van der Waals surface area contributed by atoms with Crippen LogP contribution >= 0.6 is 0 Å². The van der Waals surface area contributed by atoms with Gasteiger partial charge in [-0.15, -0.1) is 0 Å². The van der Waals surface area contributed by atoms with Crippen molar-refractivity contribution in [1.82, 2.24) is 10.2 Å². The first-order valence-electron chi connectivity index (χ1n) is 13.1. The van der Waals surface area contributed by atoms with Crippen LogP contribution in [0.3, 0.4) is 0 Å². The number of carbonyl (C=O) groups excluding carboxylic acids is 3. The molecule has 3 N–H and O–H groups in total. The number of nitrogens with one attached hydrogen (secondary N) is 1. The van der Waals surface area contributed by atoms with Crippen molar-refractivity contribution in [2.75, 3.05) is 13.2 Å². The number of primary amides is 1. The summed E-state index contributed by atoms with van der Waals surface area (Å²) in [7, 11) is 0. The standard InChI is InChI=1S/C29H33F4N3O4/c1-15-10-23(36(16(15)2)26(38)17-6-5-7-19(11-17)28(3,4)27(34)39)25(37)35-24(18-13-40-14-18)21-9-8-20(12-22(21)30)29(31,32)33/h5-9,11-12,15-16,18,23-24H,10,13-14H2,1-4H3,(H2,34,39)(H,35,37)/t15-,16-,23-,24?/m1/s1. The van der Waals surface area contributed by atoms with Crippen LogP contribution in [0.2, 0.25) is 0 Å². The summed E-state index contributed by atoms with van der Waals surface area (Å²) >= 11 is 0. The highest BCUT2D eigenvalue weighted by Crippen LogP contribution is 2.36. The second-order valence-corrected chi connectivity index (χ2v) is 11.3. The predicted octanol–water partition coefficient (Wildman–Crippen LogP) is 4.35. The largest absolute Gasteiger partial charge is 0.416 e. The zero-order valence-electron chi connectivity index (χ0n) is 22.7. The Balaban J connectivity index is 1.62. The molecule has 11 heteroatoms. The number of carbonyl (C=O) groups is 3. The van der Waals surface area contributed by atoms with E-state index in [1.54, 1.807) is 38.1 Å². The molecule has 1 unspecified atom stereocenters. The highest BCUT2D eigenvalue weighted by atomic mass is 19.4.